The van der Waals surface area contributed by atoms with Crippen molar-refractivity contribution in [1.29, 1.82) is 0 Å². The molecule has 1 fully saturated rings. The van der Waals surface area contributed by atoms with Gasteiger partial charge in [-0.15, -0.1) is 10.2 Å². The van der Waals surface area contributed by atoms with Crippen LogP contribution in [0.25, 0.3) is 0 Å². The van der Waals surface area contributed by atoms with Crippen molar-refractivity contribution in [1.82, 2.24) is 15.1 Å². The zero-order chi connectivity index (χ0) is 14.7. The lowest BCUT2D eigenvalue weighted by Crippen LogP contribution is -2.38. The molecule has 0 aliphatic carbocycles. The Morgan fingerprint density at radius 2 is 1.85 bits per heavy atom. The Bertz CT molecular complexity index is 409. The first-order valence-corrected chi connectivity index (χ1v) is 7.71. The highest BCUT2D eigenvalue weighted by molar-refractivity contribution is 4.91. The van der Waals surface area contributed by atoms with E-state index in [0.29, 0.717) is 11.8 Å². The molecule has 2 heterocycles. The van der Waals surface area contributed by atoms with Gasteiger partial charge < -0.3 is 9.52 Å². The standard InChI is InChI=1S/C15H27N3O2/c1-10(2)9-14-16-17-15(20-14)11(3)18-7-5-13(6-8-18)12(4)19/h10-13,19H,5-9H2,1-4H3. The van der Waals surface area contributed by atoms with Crippen LogP contribution in [0.15, 0.2) is 4.42 Å². The van der Waals surface area contributed by atoms with Crippen molar-refractivity contribution >= 4 is 0 Å². The molecule has 1 aromatic rings. The Balaban J connectivity index is 1.91. The minimum Gasteiger partial charge on any atom is -0.424 e. The van der Waals surface area contributed by atoms with Crippen LogP contribution in [0.2, 0.25) is 0 Å². The van der Waals surface area contributed by atoms with E-state index >= 15 is 0 Å². The second-order valence-corrected chi connectivity index (χ2v) is 6.42. The number of hydrogen-bond donors (Lipinski definition) is 1. The molecule has 0 aromatic carbocycles. The van der Waals surface area contributed by atoms with Crippen molar-refractivity contribution in [2.75, 3.05) is 13.1 Å². The van der Waals surface area contributed by atoms with Gasteiger partial charge >= 0.3 is 0 Å². The quantitative estimate of drug-likeness (QED) is 0.898. The maximum absolute atomic E-state index is 9.65. The highest BCUT2D eigenvalue weighted by Gasteiger charge is 2.28. The highest BCUT2D eigenvalue weighted by atomic mass is 16.4. The Hall–Kier alpha value is -0.940. The van der Waals surface area contributed by atoms with Crippen LogP contribution < -0.4 is 0 Å². The molecule has 0 bridgehead atoms. The van der Waals surface area contributed by atoms with E-state index in [1.807, 2.05) is 6.92 Å². The molecular weight excluding hydrogens is 254 g/mol. The van der Waals surface area contributed by atoms with E-state index in [9.17, 15) is 5.11 Å². The van der Waals surface area contributed by atoms with Gasteiger partial charge in [-0.2, -0.15) is 0 Å². The topological polar surface area (TPSA) is 62.4 Å². The molecule has 1 saturated heterocycles. The van der Waals surface area contributed by atoms with Crippen LogP contribution in [0.5, 0.6) is 0 Å². The first-order valence-electron chi connectivity index (χ1n) is 7.71. The second-order valence-electron chi connectivity index (χ2n) is 6.42. The van der Waals surface area contributed by atoms with E-state index in [-0.39, 0.29) is 12.1 Å². The lowest BCUT2D eigenvalue weighted by Gasteiger charge is -2.35. The molecule has 0 amide bonds. The molecule has 2 rings (SSSR count). The summed E-state index contributed by atoms with van der Waals surface area (Å²) in [6.07, 6.45) is 2.71. The number of aromatic nitrogens is 2. The lowest BCUT2D eigenvalue weighted by atomic mass is 9.91. The van der Waals surface area contributed by atoms with Gasteiger partial charge in [-0.1, -0.05) is 13.8 Å². The number of likely N-dealkylation sites (tertiary alicyclic amines) is 1. The summed E-state index contributed by atoms with van der Waals surface area (Å²) in [7, 11) is 0. The monoisotopic (exact) mass is 281 g/mol. The summed E-state index contributed by atoms with van der Waals surface area (Å²) < 4.78 is 5.77. The van der Waals surface area contributed by atoms with Gasteiger partial charge in [0, 0.05) is 6.42 Å². The van der Waals surface area contributed by atoms with Gasteiger partial charge in [-0.3, -0.25) is 4.90 Å². The second kappa shape index (κ2) is 6.68. The van der Waals surface area contributed by atoms with Crippen LogP contribution in [0.1, 0.15) is 58.4 Å². The molecule has 0 radical (unpaired) electrons. The van der Waals surface area contributed by atoms with E-state index < -0.39 is 0 Å². The van der Waals surface area contributed by atoms with Crippen molar-refractivity contribution in [2.24, 2.45) is 11.8 Å². The van der Waals surface area contributed by atoms with Crippen molar-refractivity contribution in [2.45, 2.75) is 59.1 Å². The normalized spacial score (nSPS) is 21.3. The molecule has 1 aliphatic heterocycles. The number of aliphatic hydroxyl groups excluding tert-OH is 1. The Morgan fingerprint density at radius 1 is 1.20 bits per heavy atom. The van der Waals surface area contributed by atoms with Crippen LogP contribution >= 0.6 is 0 Å². The Labute approximate surface area is 121 Å². The summed E-state index contributed by atoms with van der Waals surface area (Å²) in [5, 5.41) is 18.0. The molecule has 1 aliphatic rings. The average Bonchev–Trinajstić information content (AvgIpc) is 2.85. The number of hydrogen-bond acceptors (Lipinski definition) is 5. The molecule has 20 heavy (non-hydrogen) atoms. The molecule has 2 unspecified atom stereocenters. The van der Waals surface area contributed by atoms with Crippen molar-refractivity contribution in [3.63, 3.8) is 0 Å². The maximum Gasteiger partial charge on any atom is 0.233 e. The summed E-state index contributed by atoms with van der Waals surface area (Å²) in [5.41, 5.74) is 0. The minimum atomic E-state index is -0.200. The third-order valence-corrected chi connectivity index (χ3v) is 4.23. The van der Waals surface area contributed by atoms with E-state index in [2.05, 4.69) is 35.9 Å². The molecule has 1 aromatic heterocycles. The zero-order valence-electron chi connectivity index (χ0n) is 13.0. The van der Waals surface area contributed by atoms with Crippen molar-refractivity contribution in [3.05, 3.63) is 11.8 Å². The van der Waals surface area contributed by atoms with E-state index in [0.717, 1.165) is 44.1 Å². The molecule has 0 spiro atoms. The largest absolute Gasteiger partial charge is 0.424 e. The Morgan fingerprint density at radius 3 is 2.40 bits per heavy atom. The van der Waals surface area contributed by atoms with Gasteiger partial charge in [0.05, 0.1) is 12.1 Å². The van der Waals surface area contributed by atoms with Gasteiger partial charge in [0.25, 0.3) is 0 Å². The fourth-order valence-corrected chi connectivity index (χ4v) is 2.81. The molecule has 0 saturated carbocycles. The minimum absolute atomic E-state index is 0.165. The van der Waals surface area contributed by atoms with E-state index in [1.165, 1.54) is 0 Å². The van der Waals surface area contributed by atoms with Crippen molar-refractivity contribution in [3.8, 4) is 0 Å². The van der Waals surface area contributed by atoms with Crippen LogP contribution in [0.4, 0.5) is 0 Å². The van der Waals surface area contributed by atoms with Gasteiger partial charge in [0.1, 0.15) is 0 Å². The lowest BCUT2D eigenvalue weighted by molar-refractivity contribution is 0.0534. The fourth-order valence-electron chi connectivity index (χ4n) is 2.81. The Kier molecular flexibility index (Phi) is 5.16. The predicted molar refractivity (Wildman–Crippen MR) is 77.2 cm³/mol. The van der Waals surface area contributed by atoms with Gasteiger partial charge in [0.2, 0.25) is 11.8 Å². The SMILES string of the molecule is CC(C)Cc1nnc(C(C)N2CCC(C(C)O)CC2)o1. The molecule has 5 heteroatoms. The first-order chi connectivity index (χ1) is 9.47. The molecule has 1 N–H and O–H groups in total. The number of nitrogens with zero attached hydrogens (tertiary/aromatic N) is 3. The maximum atomic E-state index is 9.65. The third-order valence-electron chi connectivity index (χ3n) is 4.23. The van der Waals surface area contributed by atoms with Gasteiger partial charge in [-0.05, 0) is 51.6 Å². The predicted octanol–water partition coefficient (Wildman–Crippen LogP) is 2.42. The molecule has 5 nitrogen and oxygen atoms in total. The highest BCUT2D eigenvalue weighted by Crippen LogP contribution is 2.27. The van der Waals surface area contributed by atoms with Crippen LogP contribution in [-0.4, -0.2) is 39.4 Å². The van der Waals surface area contributed by atoms with Crippen LogP contribution in [0, 0.1) is 11.8 Å². The average molecular weight is 281 g/mol. The third kappa shape index (κ3) is 3.79. The van der Waals surface area contributed by atoms with Crippen LogP contribution in [0.3, 0.4) is 0 Å². The summed E-state index contributed by atoms with van der Waals surface area (Å²) in [4.78, 5) is 2.37. The number of rotatable bonds is 5. The smallest absolute Gasteiger partial charge is 0.233 e. The van der Waals surface area contributed by atoms with Gasteiger partial charge in [0.15, 0.2) is 0 Å². The first kappa shape index (κ1) is 15.4. The summed E-state index contributed by atoms with van der Waals surface area (Å²) in [5.74, 6) is 2.41. The van der Waals surface area contributed by atoms with Crippen molar-refractivity contribution < 1.29 is 9.52 Å². The fraction of sp³-hybridized carbons (Fsp3) is 0.867. The zero-order valence-corrected chi connectivity index (χ0v) is 13.0. The van der Waals surface area contributed by atoms with E-state index in [4.69, 9.17) is 4.42 Å². The number of piperidine rings is 1. The summed E-state index contributed by atoms with van der Waals surface area (Å²) in [6, 6.07) is 0.165. The molecule has 2 atom stereocenters. The molecule has 114 valence electrons. The van der Waals surface area contributed by atoms with Gasteiger partial charge in [-0.25, -0.2) is 0 Å². The summed E-state index contributed by atoms with van der Waals surface area (Å²) >= 11 is 0. The summed E-state index contributed by atoms with van der Waals surface area (Å²) in [6.45, 7) is 10.3. The van der Waals surface area contributed by atoms with Crippen LogP contribution in [-0.2, 0) is 6.42 Å². The molecular formula is C15H27N3O2. The number of aliphatic hydroxyl groups is 1. The van der Waals surface area contributed by atoms with E-state index in [1.54, 1.807) is 0 Å².